The Hall–Kier alpha value is -2.04. The number of nitrogens with two attached hydrogens (primary N) is 1. The van der Waals surface area contributed by atoms with E-state index in [1.807, 2.05) is 31.9 Å². The van der Waals surface area contributed by atoms with E-state index in [9.17, 15) is 4.39 Å². The van der Waals surface area contributed by atoms with Gasteiger partial charge in [0.2, 0.25) is 0 Å². The molecule has 0 atom stereocenters. The van der Waals surface area contributed by atoms with Crippen molar-refractivity contribution in [2.75, 3.05) is 17.2 Å². The Morgan fingerprint density at radius 1 is 1.32 bits per heavy atom. The molecule has 102 valence electrons. The number of nitrogens with zero attached hydrogens (tertiary/aromatic N) is 3. The highest BCUT2D eigenvalue weighted by Crippen LogP contribution is 2.33. The van der Waals surface area contributed by atoms with Crippen LogP contribution in [0.25, 0.3) is 0 Å². The third kappa shape index (κ3) is 2.28. The SMILES string of the molecule is CCc1nn(C)c(N(CC)c2ccccc2F)c1N. The summed E-state index contributed by atoms with van der Waals surface area (Å²) in [7, 11) is 1.83. The van der Waals surface area contributed by atoms with Crippen LogP contribution in [0.2, 0.25) is 0 Å². The Morgan fingerprint density at radius 2 is 2.00 bits per heavy atom. The highest BCUT2D eigenvalue weighted by molar-refractivity contribution is 5.73. The molecule has 0 bridgehead atoms. The predicted octanol–water partition coefficient (Wildman–Crippen LogP) is 2.86. The van der Waals surface area contributed by atoms with Gasteiger partial charge in [-0.1, -0.05) is 19.1 Å². The Labute approximate surface area is 112 Å². The number of hydrogen-bond acceptors (Lipinski definition) is 3. The van der Waals surface area contributed by atoms with Crippen LogP contribution < -0.4 is 10.6 Å². The van der Waals surface area contributed by atoms with Crippen molar-refractivity contribution in [1.82, 2.24) is 9.78 Å². The molecule has 5 heteroatoms. The second kappa shape index (κ2) is 5.30. The van der Waals surface area contributed by atoms with Crippen molar-refractivity contribution in [2.24, 2.45) is 7.05 Å². The molecule has 0 unspecified atom stereocenters. The lowest BCUT2D eigenvalue weighted by Crippen LogP contribution is -2.21. The first-order chi connectivity index (χ1) is 9.10. The Balaban J connectivity index is 2.55. The van der Waals surface area contributed by atoms with Gasteiger partial charge in [0.1, 0.15) is 5.82 Å². The molecule has 19 heavy (non-hydrogen) atoms. The summed E-state index contributed by atoms with van der Waals surface area (Å²) in [6.45, 7) is 4.58. The number of anilines is 3. The van der Waals surface area contributed by atoms with Gasteiger partial charge in [0.25, 0.3) is 0 Å². The Kier molecular flexibility index (Phi) is 3.74. The average Bonchev–Trinajstić information content (AvgIpc) is 2.69. The van der Waals surface area contributed by atoms with Crippen molar-refractivity contribution in [1.29, 1.82) is 0 Å². The van der Waals surface area contributed by atoms with E-state index in [2.05, 4.69) is 5.10 Å². The smallest absolute Gasteiger partial charge is 0.154 e. The number of benzene rings is 1. The first kappa shape index (κ1) is 13.4. The lowest BCUT2D eigenvalue weighted by molar-refractivity contribution is 0.623. The molecule has 4 nitrogen and oxygen atoms in total. The maximum absolute atomic E-state index is 14.0. The molecule has 0 spiro atoms. The summed E-state index contributed by atoms with van der Waals surface area (Å²) in [5.41, 5.74) is 8.11. The molecule has 0 amide bonds. The van der Waals surface area contributed by atoms with Crippen LogP contribution in [-0.4, -0.2) is 16.3 Å². The summed E-state index contributed by atoms with van der Waals surface area (Å²) in [5.74, 6) is 0.479. The van der Waals surface area contributed by atoms with E-state index in [1.165, 1.54) is 6.07 Å². The molecule has 0 aliphatic heterocycles. The van der Waals surface area contributed by atoms with Crippen molar-refractivity contribution >= 4 is 17.2 Å². The zero-order chi connectivity index (χ0) is 14.0. The molecule has 1 aromatic heterocycles. The molecule has 1 aromatic carbocycles. The van der Waals surface area contributed by atoms with Gasteiger partial charge in [-0.3, -0.25) is 4.68 Å². The zero-order valence-corrected chi connectivity index (χ0v) is 11.5. The van der Waals surface area contributed by atoms with Gasteiger partial charge in [-0.05, 0) is 25.5 Å². The quantitative estimate of drug-likeness (QED) is 0.921. The average molecular weight is 262 g/mol. The number of rotatable bonds is 4. The van der Waals surface area contributed by atoms with Crippen molar-refractivity contribution in [3.8, 4) is 0 Å². The Morgan fingerprint density at radius 3 is 2.53 bits per heavy atom. The summed E-state index contributed by atoms with van der Waals surface area (Å²) in [5, 5.41) is 4.38. The van der Waals surface area contributed by atoms with Crippen LogP contribution in [0.15, 0.2) is 24.3 Å². The fourth-order valence-electron chi connectivity index (χ4n) is 2.27. The molecule has 0 saturated heterocycles. The van der Waals surface area contributed by atoms with Crippen molar-refractivity contribution in [3.63, 3.8) is 0 Å². The van der Waals surface area contributed by atoms with Crippen LogP contribution in [0.4, 0.5) is 21.6 Å². The van der Waals surface area contributed by atoms with Crippen LogP contribution >= 0.6 is 0 Å². The van der Waals surface area contributed by atoms with E-state index >= 15 is 0 Å². The second-order valence-corrected chi connectivity index (χ2v) is 4.36. The number of para-hydroxylation sites is 1. The fourth-order valence-corrected chi connectivity index (χ4v) is 2.27. The number of halogens is 1. The summed E-state index contributed by atoms with van der Waals surface area (Å²) in [6.07, 6.45) is 0.758. The standard InChI is InChI=1S/C14H19FN4/c1-4-11-13(16)14(18(3)17-11)19(5-2)12-9-7-6-8-10(12)15/h6-9H,4-5,16H2,1-3H3. The first-order valence-corrected chi connectivity index (χ1v) is 6.43. The fraction of sp³-hybridized carbons (Fsp3) is 0.357. The lowest BCUT2D eigenvalue weighted by atomic mass is 10.2. The zero-order valence-electron chi connectivity index (χ0n) is 11.5. The first-order valence-electron chi connectivity index (χ1n) is 6.43. The molecular weight excluding hydrogens is 243 g/mol. The number of hydrogen-bond donors (Lipinski definition) is 1. The minimum atomic E-state index is -0.261. The third-order valence-electron chi connectivity index (χ3n) is 3.18. The van der Waals surface area contributed by atoms with E-state index in [1.54, 1.807) is 16.8 Å². The molecule has 2 rings (SSSR count). The van der Waals surface area contributed by atoms with E-state index in [0.29, 0.717) is 17.9 Å². The maximum Gasteiger partial charge on any atom is 0.154 e. The molecule has 2 N–H and O–H groups in total. The summed E-state index contributed by atoms with van der Waals surface area (Å²) >= 11 is 0. The van der Waals surface area contributed by atoms with Crippen LogP contribution in [0.3, 0.4) is 0 Å². The van der Waals surface area contributed by atoms with Gasteiger partial charge >= 0.3 is 0 Å². The molecular formula is C14H19FN4. The van der Waals surface area contributed by atoms with Crippen molar-refractivity contribution in [2.45, 2.75) is 20.3 Å². The van der Waals surface area contributed by atoms with E-state index < -0.39 is 0 Å². The monoisotopic (exact) mass is 262 g/mol. The van der Waals surface area contributed by atoms with Gasteiger partial charge in [-0.15, -0.1) is 0 Å². The number of aromatic nitrogens is 2. The lowest BCUT2D eigenvalue weighted by Gasteiger charge is -2.24. The molecule has 0 aliphatic carbocycles. The van der Waals surface area contributed by atoms with Crippen LogP contribution in [0, 0.1) is 5.82 Å². The van der Waals surface area contributed by atoms with Gasteiger partial charge < -0.3 is 10.6 Å². The largest absolute Gasteiger partial charge is 0.394 e. The van der Waals surface area contributed by atoms with E-state index in [-0.39, 0.29) is 5.82 Å². The van der Waals surface area contributed by atoms with Gasteiger partial charge in [-0.25, -0.2) is 4.39 Å². The maximum atomic E-state index is 14.0. The molecule has 0 aliphatic rings. The molecule has 0 radical (unpaired) electrons. The molecule has 0 saturated carbocycles. The summed E-state index contributed by atoms with van der Waals surface area (Å²) in [4.78, 5) is 1.84. The topological polar surface area (TPSA) is 47.1 Å². The predicted molar refractivity (Wildman–Crippen MR) is 76.1 cm³/mol. The minimum absolute atomic E-state index is 0.261. The minimum Gasteiger partial charge on any atom is -0.394 e. The van der Waals surface area contributed by atoms with E-state index in [4.69, 9.17) is 5.73 Å². The van der Waals surface area contributed by atoms with Gasteiger partial charge in [0, 0.05) is 13.6 Å². The normalized spacial score (nSPS) is 10.7. The summed E-state index contributed by atoms with van der Waals surface area (Å²) in [6, 6.07) is 6.69. The van der Waals surface area contributed by atoms with Gasteiger partial charge in [-0.2, -0.15) is 5.10 Å². The Bertz CT molecular complexity index is 577. The highest BCUT2D eigenvalue weighted by atomic mass is 19.1. The molecule has 0 fully saturated rings. The summed E-state index contributed by atoms with van der Waals surface area (Å²) < 4.78 is 15.7. The van der Waals surface area contributed by atoms with Gasteiger partial charge in [0.05, 0.1) is 17.1 Å². The molecule has 2 aromatic rings. The van der Waals surface area contributed by atoms with Crippen LogP contribution in [0.1, 0.15) is 19.5 Å². The van der Waals surface area contributed by atoms with Crippen molar-refractivity contribution < 1.29 is 4.39 Å². The molecule has 1 heterocycles. The van der Waals surface area contributed by atoms with Crippen LogP contribution in [-0.2, 0) is 13.5 Å². The van der Waals surface area contributed by atoms with Crippen molar-refractivity contribution in [3.05, 3.63) is 35.8 Å². The van der Waals surface area contributed by atoms with Crippen LogP contribution in [0.5, 0.6) is 0 Å². The number of nitrogen functional groups attached to an aromatic ring is 1. The van der Waals surface area contributed by atoms with E-state index in [0.717, 1.165) is 17.9 Å². The third-order valence-corrected chi connectivity index (χ3v) is 3.18. The number of aryl methyl sites for hydroxylation is 2. The second-order valence-electron chi connectivity index (χ2n) is 4.36. The highest BCUT2D eigenvalue weighted by Gasteiger charge is 2.20. The van der Waals surface area contributed by atoms with Gasteiger partial charge in [0.15, 0.2) is 5.82 Å².